The second kappa shape index (κ2) is 8.33. The molecule has 0 aromatic heterocycles. The smallest absolute Gasteiger partial charge is 0.361 e. The lowest BCUT2D eigenvalue weighted by atomic mass is 10.1. The molecule has 0 N–H and O–H groups in total. The summed E-state index contributed by atoms with van der Waals surface area (Å²) in [4.78, 5) is 14.6. The number of unbranched alkanes of at least 4 members (excludes halogenated alkanes) is 5. The average Bonchev–Trinajstić information content (AvgIpc) is 2.21. The van der Waals surface area contributed by atoms with Crippen LogP contribution in [-0.4, -0.2) is 30.8 Å². The van der Waals surface area contributed by atoms with Gasteiger partial charge in [0.25, 0.3) is 0 Å². The van der Waals surface area contributed by atoms with E-state index in [9.17, 15) is 18.0 Å². The molecule has 6 heteroatoms. The summed E-state index contributed by atoms with van der Waals surface area (Å²) in [6, 6.07) is 0. The van der Waals surface area contributed by atoms with Crippen LogP contribution in [-0.2, 0) is 9.63 Å². The largest absolute Gasteiger partial charge is 0.492 e. The molecular weight excluding hydrogens is 235 g/mol. The fourth-order valence-corrected chi connectivity index (χ4v) is 1.35. The zero-order valence-corrected chi connectivity index (χ0v) is 10.3. The van der Waals surface area contributed by atoms with Gasteiger partial charge in [0.2, 0.25) is 0 Å². The first kappa shape index (κ1) is 16.2. The molecule has 102 valence electrons. The molecule has 0 aliphatic carbocycles. The van der Waals surface area contributed by atoms with E-state index < -0.39 is 12.1 Å². The van der Waals surface area contributed by atoms with Gasteiger partial charge in [-0.1, -0.05) is 39.0 Å². The molecule has 3 nitrogen and oxygen atoms in total. The van der Waals surface area contributed by atoms with Crippen LogP contribution in [0, 0.1) is 0 Å². The van der Waals surface area contributed by atoms with E-state index in [1.807, 2.05) is 0 Å². The lowest BCUT2D eigenvalue weighted by molar-refractivity contribution is -0.234. The number of alkyl halides is 3. The number of halogens is 3. The predicted molar refractivity (Wildman–Crippen MR) is 58.2 cm³/mol. The third kappa shape index (κ3) is 8.97. The molecule has 0 bridgehead atoms. The minimum atomic E-state index is -4.92. The second-order valence-electron chi connectivity index (χ2n) is 4.00. The molecule has 0 radical (unpaired) electrons. The van der Waals surface area contributed by atoms with Crippen molar-refractivity contribution >= 4 is 5.97 Å². The van der Waals surface area contributed by atoms with Crippen LogP contribution in [0.15, 0.2) is 0 Å². The van der Waals surface area contributed by atoms with Crippen molar-refractivity contribution in [2.75, 3.05) is 13.6 Å². The standard InChI is InChI=1S/C11H20F3NO2/c1-3-4-5-6-7-8-9-15(2)17-10(16)11(12,13)14/h3-9H2,1-2H3. The molecule has 0 aromatic carbocycles. The van der Waals surface area contributed by atoms with Crippen molar-refractivity contribution in [1.82, 2.24) is 5.06 Å². The van der Waals surface area contributed by atoms with Crippen LogP contribution in [0.1, 0.15) is 45.4 Å². The molecule has 0 unspecified atom stereocenters. The molecule has 0 aliphatic heterocycles. The van der Waals surface area contributed by atoms with Gasteiger partial charge in [0.05, 0.1) is 0 Å². The number of carbonyl (C=O) groups excluding carboxylic acids is 1. The Labute approximate surface area is 99.9 Å². The Kier molecular flexibility index (Phi) is 7.95. The summed E-state index contributed by atoms with van der Waals surface area (Å²) < 4.78 is 35.5. The number of hydrogen-bond donors (Lipinski definition) is 0. The fraction of sp³-hybridized carbons (Fsp3) is 0.909. The molecule has 0 amide bonds. The molecule has 0 spiro atoms. The first-order valence-corrected chi connectivity index (χ1v) is 5.88. The Morgan fingerprint density at radius 2 is 1.65 bits per heavy atom. The minimum absolute atomic E-state index is 0.327. The Balaban J connectivity index is 3.53. The van der Waals surface area contributed by atoms with E-state index in [4.69, 9.17) is 0 Å². The van der Waals surface area contributed by atoms with E-state index in [2.05, 4.69) is 11.8 Å². The summed E-state index contributed by atoms with van der Waals surface area (Å²) in [6.07, 6.45) is 1.29. The number of carbonyl (C=O) groups is 1. The lowest BCUT2D eigenvalue weighted by Crippen LogP contribution is -2.33. The first-order chi connectivity index (χ1) is 7.88. The van der Waals surface area contributed by atoms with E-state index in [1.165, 1.54) is 13.5 Å². The SMILES string of the molecule is CCCCCCCCN(C)OC(=O)C(F)(F)F. The van der Waals surface area contributed by atoms with Crippen molar-refractivity contribution < 1.29 is 22.8 Å². The van der Waals surface area contributed by atoms with Gasteiger partial charge in [-0.25, -0.2) is 4.79 Å². The van der Waals surface area contributed by atoms with E-state index in [0.29, 0.717) is 6.54 Å². The Hall–Kier alpha value is -0.780. The number of hydroxylamine groups is 2. The molecule has 0 aliphatic rings. The topological polar surface area (TPSA) is 29.5 Å². The Morgan fingerprint density at radius 1 is 1.12 bits per heavy atom. The zero-order chi connectivity index (χ0) is 13.3. The van der Waals surface area contributed by atoms with Gasteiger partial charge in [-0.15, -0.1) is 5.06 Å². The van der Waals surface area contributed by atoms with Crippen LogP contribution in [0.25, 0.3) is 0 Å². The number of rotatable bonds is 8. The minimum Gasteiger partial charge on any atom is -0.361 e. The van der Waals surface area contributed by atoms with Crippen LogP contribution in [0.4, 0.5) is 13.2 Å². The molecule has 0 aromatic rings. The van der Waals surface area contributed by atoms with Crippen molar-refractivity contribution in [2.45, 2.75) is 51.6 Å². The zero-order valence-electron chi connectivity index (χ0n) is 10.3. The maximum Gasteiger partial charge on any atom is 0.492 e. The highest BCUT2D eigenvalue weighted by Gasteiger charge is 2.42. The van der Waals surface area contributed by atoms with E-state index >= 15 is 0 Å². The highest BCUT2D eigenvalue weighted by molar-refractivity contribution is 5.75. The molecule has 0 heterocycles. The average molecular weight is 255 g/mol. The molecule has 17 heavy (non-hydrogen) atoms. The summed E-state index contributed by atoms with van der Waals surface area (Å²) in [6.45, 7) is 2.44. The highest BCUT2D eigenvalue weighted by Crippen LogP contribution is 2.17. The summed E-state index contributed by atoms with van der Waals surface area (Å²) in [7, 11) is 1.33. The van der Waals surface area contributed by atoms with E-state index in [-0.39, 0.29) is 0 Å². The van der Waals surface area contributed by atoms with Crippen molar-refractivity contribution in [3.05, 3.63) is 0 Å². The monoisotopic (exact) mass is 255 g/mol. The summed E-state index contributed by atoms with van der Waals surface area (Å²) >= 11 is 0. The molecule has 0 fully saturated rings. The third-order valence-corrected chi connectivity index (χ3v) is 2.30. The van der Waals surface area contributed by atoms with Crippen LogP contribution in [0.3, 0.4) is 0 Å². The summed E-state index contributed by atoms with van der Waals surface area (Å²) in [5, 5.41) is 0.940. The Morgan fingerprint density at radius 3 is 2.18 bits per heavy atom. The van der Waals surface area contributed by atoms with Gasteiger partial charge in [0, 0.05) is 13.6 Å². The van der Waals surface area contributed by atoms with E-state index in [1.54, 1.807) is 0 Å². The second-order valence-corrected chi connectivity index (χ2v) is 4.00. The summed E-state index contributed by atoms with van der Waals surface area (Å²) in [5.74, 6) is -2.16. The van der Waals surface area contributed by atoms with Crippen LogP contribution in [0.2, 0.25) is 0 Å². The molecular formula is C11H20F3NO2. The maximum atomic E-state index is 11.8. The molecule has 0 saturated carbocycles. The number of nitrogens with zero attached hydrogens (tertiary/aromatic N) is 1. The highest BCUT2D eigenvalue weighted by atomic mass is 19.4. The van der Waals surface area contributed by atoms with Crippen LogP contribution < -0.4 is 0 Å². The first-order valence-electron chi connectivity index (χ1n) is 5.88. The van der Waals surface area contributed by atoms with Crippen LogP contribution in [0.5, 0.6) is 0 Å². The van der Waals surface area contributed by atoms with Gasteiger partial charge in [-0.2, -0.15) is 13.2 Å². The van der Waals surface area contributed by atoms with Gasteiger partial charge in [-0.3, -0.25) is 0 Å². The van der Waals surface area contributed by atoms with Crippen molar-refractivity contribution in [2.24, 2.45) is 0 Å². The van der Waals surface area contributed by atoms with Crippen LogP contribution >= 0.6 is 0 Å². The molecule has 0 atom stereocenters. The van der Waals surface area contributed by atoms with Gasteiger partial charge in [0.15, 0.2) is 0 Å². The number of hydrogen-bond acceptors (Lipinski definition) is 3. The molecule has 0 rings (SSSR count). The van der Waals surface area contributed by atoms with E-state index in [0.717, 1.165) is 37.2 Å². The fourth-order valence-electron chi connectivity index (χ4n) is 1.35. The van der Waals surface area contributed by atoms with Crippen molar-refractivity contribution in [3.8, 4) is 0 Å². The van der Waals surface area contributed by atoms with Gasteiger partial charge >= 0.3 is 12.1 Å². The van der Waals surface area contributed by atoms with Crippen molar-refractivity contribution in [3.63, 3.8) is 0 Å². The molecule has 0 saturated heterocycles. The summed E-state index contributed by atoms with van der Waals surface area (Å²) in [5.41, 5.74) is 0. The third-order valence-electron chi connectivity index (χ3n) is 2.30. The van der Waals surface area contributed by atoms with Crippen molar-refractivity contribution in [1.29, 1.82) is 0 Å². The quantitative estimate of drug-likeness (QED) is 0.492. The predicted octanol–water partition coefficient (Wildman–Crippen LogP) is 3.30. The Bertz CT molecular complexity index is 219. The maximum absolute atomic E-state index is 11.8. The van der Waals surface area contributed by atoms with Gasteiger partial charge < -0.3 is 4.84 Å². The lowest BCUT2D eigenvalue weighted by Gasteiger charge is -2.16. The van der Waals surface area contributed by atoms with Gasteiger partial charge in [0.1, 0.15) is 0 Å². The normalized spacial score (nSPS) is 11.9. The van der Waals surface area contributed by atoms with Gasteiger partial charge in [-0.05, 0) is 6.42 Å².